The second-order valence-electron chi connectivity index (χ2n) is 5.31. The fraction of sp³-hybridized carbons (Fsp3) is 0.300. The van der Waals surface area contributed by atoms with Gasteiger partial charge in [0.15, 0.2) is 30.3 Å². The SMILES string of the molecule is Nc1ncnc2c1ncn2[C@@H](C=O)O[C@@H](C=O)COP(=O)(O)OP(=O)(O)OP(=O)(O)O.[Na]. The van der Waals surface area contributed by atoms with Crippen LogP contribution in [0.5, 0.6) is 0 Å². The van der Waals surface area contributed by atoms with Gasteiger partial charge < -0.3 is 34.8 Å². The molecular weight excluding hydrogens is 514 g/mol. The maximum atomic E-state index is 11.7. The molecule has 0 spiro atoms. The third kappa shape index (κ3) is 8.44. The summed E-state index contributed by atoms with van der Waals surface area (Å²) in [6, 6.07) is 0. The molecule has 0 fully saturated rings. The van der Waals surface area contributed by atoms with Crippen LogP contribution in [-0.4, -0.2) is 93.9 Å². The first-order valence-corrected chi connectivity index (χ1v) is 12.1. The zero-order valence-electron chi connectivity index (χ0n) is 15.8. The van der Waals surface area contributed by atoms with Gasteiger partial charge in [-0.05, 0) is 0 Å². The Morgan fingerprint density at radius 3 is 2.25 bits per heavy atom. The predicted molar refractivity (Wildman–Crippen MR) is 101 cm³/mol. The van der Waals surface area contributed by atoms with E-state index in [-0.39, 0.29) is 59.1 Å². The van der Waals surface area contributed by atoms with E-state index < -0.39 is 42.4 Å². The predicted octanol–water partition coefficient (Wildman–Crippen LogP) is -1.35. The molecule has 0 aliphatic rings. The zero-order valence-corrected chi connectivity index (χ0v) is 20.5. The Morgan fingerprint density at radius 2 is 1.69 bits per heavy atom. The van der Waals surface area contributed by atoms with E-state index in [1.807, 2.05) is 0 Å². The Morgan fingerprint density at radius 1 is 1.03 bits per heavy atom. The van der Waals surface area contributed by atoms with Crippen LogP contribution in [-0.2, 0) is 41.2 Å². The van der Waals surface area contributed by atoms with Gasteiger partial charge in [0.1, 0.15) is 17.9 Å². The number of nitrogens with two attached hydrogens (primary N) is 1. The molecule has 2 rings (SSSR count). The molecule has 0 aliphatic carbocycles. The molecule has 2 heterocycles. The van der Waals surface area contributed by atoms with Crippen LogP contribution >= 0.6 is 23.5 Å². The van der Waals surface area contributed by atoms with E-state index in [2.05, 4.69) is 28.1 Å². The number of nitrogens with zero attached hydrogens (tertiary/aromatic N) is 4. The second kappa shape index (κ2) is 11.5. The van der Waals surface area contributed by atoms with Crippen LogP contribution in [0.25, 0.3) is 11.2 Å². The van der Waals surface area contributed by atoms with Gasteiger partial charge in [0.2, 0.25) is 0 Å². The molecule has 0 amide bonds. The third-order valence-corrected chi connectivity index (χ3v) is 6.86. The normalized spacial score (nSPS) is 17.5. The number of phosphoric acid groups is 3. The number of imidazole rings is 1. The van der Waals surface area contributed by atoms with Gasteiger partial charge in [0.05, 0.1) is 12.9 Å². The number of aromatic nitrogens is 4. The summed E-state index contributed by atoms with van der Waals surface area (Å²) >= 11 is 0. The van der Waals surface area contributed by atoms with E-state index in [9.17, 15) is 28.2 Å². The van der Waals surface area contributed by atoms with Crippen LogP contribution in [0.3, 0.4) is 0 Å². The van der Waals surface area contributed by atoms with Gasteiger partial charge in [-0.2, -0.15) is 8.62 Å². The van der Waals surface area contributed by atoms with Gasteiger partial charge in [0, 0.05) is 29.6 Å². The summed E-state index contributed by atoms with van der Waals surface area (Å²) in [7, 11) is -16.8. The molecule has 6 N–H and O–H groups in total. The number of hydrogen-bond donors (Lipinski definition) is 5. The van der Waals surface area contributed by atoms with E-state index in [0.29, 0.717) is 0 Å². The van der Waals surface area contributed by atoms with Gasteiger partial charge in [-0.25, -0.2) is 28.6 Å². The summed E-state index contributed by atoms with van der Waals surface area (Å²) < 4.78 is 51.0. The Bertz CT molecular complexity index is 1110. The fourth-order valence-corrected chi connectivity index (χ4v) is 5.01. The molecule has 2 aromatic heterocycles. The number of carbonyl (C=O) groups excluding carboxylic acids is 2. The molecular formula is C10H14N5NaO13P3. The molecule has 173 valence electrons. The maximum Gasteiger partial charge on any atom is 0.490 e. The summed E-state index contributed by atoms with van der Waals surface area (Å²) in [6.45, 7) is -1.10. The number of anilines is 1. The topological polar surface area (TPSA) is 273 Å². The standard InChI is InChI=1S/C10H14N5O13P3.Na/c11-9-8-10(13-4-12-9)15(5-14-8)7(2-17)26-6(1-16)3-25-30(21,22)28-31(23,24)27-29(18,19)20;/h1-2,4-7H,3H2,(H,21,22)(H,23,24)(H2,11,12,13)(H2,18,19,20);/t6-,7+;/m0./s1. The van der Waals surface area contributed by atoms with E-state index in [0.717, 1.165) is 17.2 Å². The van der Waals surface area contributed by atoms with Gasteiger partial charge >= 0.3 is 23.5 Å². The van der Waals surface area contributed by atoms with Crippen molar-refractivity contribution in [2.24, 2.45) is 0 Å². The Balaban J connectivity index is 0.00000512. The number of ether oxygens (including phenoxy) is 1. The largest absolute Gasteiger partial charge is 0.490 e. The number of aldehydes is 2. The summed E-state index contributed by atoms with van der Waals surface area (Å²) in [4.78, 5) is 69.4. The van der Waals surface area contributed by atoms with Gasteiger partial charge in [-0.15, -0.1) is 0 Å². The molecule has 0 aliphatic heterocycles. The Kier molecular flexibility index (Phi) is 10.4. The molecule has 0 aromatic carbocycles. The third-order valence-electron chi connectivity index (χ3n) is 3.06. The van der Waals surface area contributed by atoms with Crippen LogP contribution in [0.4, 0.5) is 5.82 Å². The van der Waals surface area contributed by atoms with Crippen molar-refractivity contribution in [3.05, 3.63) is 12.7 Å². The molecule has 22 heteroatoms. The van der Waals surface area contributed by atoms with Crippen molar-refractivity contribution >= 4 is 82.6 Å². The average Bonchev–Trinajstić information content (AvgIpc) is 3.04. The monoisotopic (exact) mass is 528 g/mol. The first kappa shape index (κ1) is 29.1. The number of carbonyl (C=O) groups is 2. The van der Waals surface area contributed by atoms with Crippen molar-refractivity contribution in [3.8, 4) is 0 Å². The van der Waals surface area contributed by atoms with Crippen molar-refractivity contribution in [3.63, 3.8) is 0 Å². The Hall–Kier alpha value is -0.940. The van der Waals surface area contributed by atoms with Crippen molar-refractivity contribution in [1.82, 2.24) is 19.5 Å². The zero-order chi connectivity index (χ0) is 23.4. The fourth-order valence-electron chi connectivity index (χ4n) is 1.98. The van der Waals surface area contributed by atoms with Crippen LogP contribution in [0.1, 0.15) is 6.23 Å². The van der Waals surface area contributed by atoms with E-state index in [1.54, 1.807) is 0 Å². The van der Waals surface area contributed by atoms with E-state index >= 15 is 0 Å². The van der Waals surface area contributed by atoms with Crippen molar-refractivity contribution in [1.29, 1.82) is 0 Å². The number of fused-ring (bicyclic) bond motifs is 1. The molecule has 0 bridgehead atoms. The molecule has 0 saturated carbocycles. The summed E-state index contributed by atoms with van der Waals surface area (Å²) in [5, 5.41) is 0. The van der Waals surface area contributed by atoms with Crippen molar-refractivity contribution in [2.75, 3.05) is 12.3 Å². The number of phosphoric ester groups is 1. The number of nitrogen functional groups attached to an aromatic ring is 1. The minimum absolute atomic E-state index is 0. The van der Waals surface area contributed by atoms with E-state index in [1.165, 1.54) is 0 Å². The van der Waals surface area contributed by atoms with Crippen LogP contribution in [0.15, 0.2) is 12.7 Å². The molecule has 2 aromatic rings. The maximum absolute atomic E-state index is 11.7. The van der Waals surface area contributed by atoms with E-state index in [4.69, 9.17) is 25.2 Å². The van der Waals surface area contributed by atoms with Crippen LogP contribution in [0.2, 0.25) is 0 Å². The summed E-state index contributed by atoms with van der Waals surface area (Å²) in [5.41, 5.74) is 5.79. The number of rotatable bonds is 12. The second-order valence-corrected chi connectivity index (χ2v) is 9.73. The minimum atomic E-state index is -5.73. The summed E-state index contributed by atoms with van der Waals surface area (Å²) in [5.74, 6) is -0.00649. The minimum Gasteiger partial charge on any atom is -0.382 e. The quantitative estimate of drug-likeness (QED) is 0.121. The van der Waals surface area contributed by atoms with Crippen LogP contribution in [0, 0.1) is 0 Å². The smallest absolute Gasteiger partial charge is 0.382 e. The average molecular weight is 528 g/mol. The number of hydrogen-bond acceptors (Lipinski definition) is 13. The first-order valence-electron chi connectivity index (χ1n) is 7.54. The van der Waals surface area contributed by atoms with Crippen LogP contribution < -0.4 is 5.73 Å². The molecule has 18 nitrogen and oxygen atoms in total. The molecule has 2 unspecified atom stereocenters. The summed E-state index contributed by atoms with van der Waals surface area (Å²) in [6.07, 6.45) is -0.802. The molecule has 32 heavy (non-hydrogen) atoms. The van der Waals surface area contributed by atoms with Gasteiger partial charge in [0.25, 0.3) is 0 Å². The molecule has 1 radical (unpaired) electrons. The van der Waals surface area contributed by atoms with Crippen molar-refractivity contribution in [2.45, 2.75) is 12.3 Å². The van der Waals surface area contributed by atoms with Gasteiger partial charge in [-0.1, -0.05) is 0 Å². The first-order chi connectivity index (χ1) is 14.3. The molecule has 0 saturated heterocycles. The van der Waals surface area contributed by atoms with Gasteiger partial charge in [-0.3, -0.25) is 13.9 Å². The van der Waals surface area contributed by atoms with Crippen molar-refractivity contribution < 1.29 is 60.7 Å². The Labute approximate surface area is 199 Å². The molecule has 4 atom stereocenters.